The van der Waals surface area contributed by atoms with Gasteiger partial charge in [0.1, 0.15) is 0 Å². The van der Waals surface area contributed by atoms with Gasteiger partial charge in [-0.15, -0.1) is 0 Å². The lowest BCUT2D eigenvalue weighted by Gasteiger charge is -2.27. The smallest absolute Gasteiger partial charge is 0.337 e. The summed E-state index contributed by atoms with van der Waals surface area (Å²) in [7, 11) is 1.84. The highest BCUT2D eigenvalue weighted by Crippen LogP contribution is 2.23. The molecule has 0 fully saturated rings. The van der Waals surface area contributed by atoms with Crippen molar-refractivity contribution in [3.63, 3.8) is 0 Å². The lowest BCUT2D eigenvalue weighted by atomic mass is 10.1. The quantitative estimate of drug-likeness (QED) is 0.271. The summed E-state index contributed by atoms with van der Waals surface area (Å²) in [5.41, 5.74) is 0. The fourth-order valence-electron chi connectivity index (χ4n) is 2.88. The van der Waals surface area contributed by atoms with Gasteiger partial charge in [-0.25, -0.2) is 0 Å². The van der Waals surface area contributed by atoms with Crippen LogP contribution in [-0.2, 0) is 8.85 Å². The largest absolute Gasteiger partial charge is 0.398 e. The third-order valence-corrected chi connectivity index (χ3v) is 8.15. The van der Waals surface area contributed by atoms with Gasteiger partial charge in [-0.1, -0.05) is 84.5 Å². The summed E-state index contributed by atoms with van der Waals surface area (Å²) >= 11 is 0. The maximum atomic E-state index is 5.73. The second kappa shape index (κ2) is 14.1. The van der Waals surface area contributed by atoms with Crippen LogP contribution in [0.25, 0.3) is 0 Å². The van der Waals surface area contributed by atoms with E-state index in [1.165, 1.54) is 76.7 Å². The van der Waals surface area contributed by atoms with Gasteiger partial charge in [-0.05, 0) is 12.1 Å². The van der Waals surface area contributed by atoms with Gasteiger partial charge in [-0.2, -0.15) is 0 Å². The molecule has 0 aromatic carbocycles. The van der Waals surface area contributed by atoms with E-state index in [0.29, 0.717) is 0 Å². The highest BCUT2D eigenvalue weighted by Gasteiger charge is 2.33. The van der Waals surface area contributed by atoms with Crippen molar-refractivity contribution in [1.82, 2.24) is 0 Å². The normalized spacial score (nSPS) is 12.0. The minimum Gasteiger partial charge on any atom is -0.398 e. The van der Waals surface area contributed by atoms with Crippen molar-refractivity contribution in [3.05, 3.63) is 0 Å². The third-order valence-electron chi connectivity index (χ3n) is 4.29. The van der Waals surface area contributed by atoms with Gasteiger partial charge in [0.2, 0.25) is 0 Å². The first kappa shape index (κ1) is 20.1. The molecule has 0 radical (unpaired) electrons. The average molecular weight is 303 g/mol. The van der Waals surface area contributed by atoms with Gasteiger partial charge in [0.25, 0.3) is 0 Å². The highest BCUT2D eigenvalue weighted by molar-refractivity contribution is 6.67. The Morgan fingerprint density at radius 2 is 1.00 bits per heavy atom. The van der Waals surface area contributed by atoms with Crippen LogP contribution in [0.5, 0.6) is 0 Å². The summed E-state index contributed by atoms with van der Waals surface area (Å²) in [5.74, 6) is 0. The molecular weight excluding hydrogens is 264 g/mol. The molecule has 0 saturated heterocycles. The van der Waals surface area contributed by atoms with Crippen LogP contribution in [0.15, 0.2) is 0 Å². The maximum absolute atomic E-state index is 5.73. The Hall–Kier alpha value is 0.137. The summed E-state index contributed by atoms with van der Waals surface area (Å²) in [6, 6.07) is 2.31. The number of hydrogen-bond acceptors (Lipinski definition) is 2. The van der Waals surface area contributed by atoms with E-state index in [2.05, 4.69) is 13.8 Å². The molecule has 0 unspecified atom stereocenters. The molecule has 0 heterocycles. The summed E-state index contributed by atoms with van der Waals surface area (Å²) in [5, 5.41) is 0. The van der Waals surface area contributed by atoms with Gasteiger partial charge in [0, 0.05) is 14.2 Å². The van der Waals surface area contributed by atoms with Crippen molar-refractivity contribution < 1.29 is 8.85 Å². The fourth-order valence-corrected chi connectivity index (χ4v) is 5.66. The number of unbranched alkanes of at least 4 members (excludes halogenated alkanes) is 9. The Kier molecular flexibility index (Phi) is 14.2. The molecule has 0 atom stereocenters. The molecule has 20 heavy (non-hydrogen) atoms. The van der Waals surface area contributed by atoms with Crippen molar-refractivity contribution in [2.45, 2.75) is 96.6 Å². The molecule has 3 heteroatoms. The Bertz CT molecular complexity index is 193. The predicted molar refractivity (Wildman–Crippen MR) is 91.5 cm³/mol. The molecule has 0 aliphatic heterocycles. The van der Waals surface area contributed by atoms with Crippen LogP contribution in [0, 0.1) is 0 Å². The SMILES string of the molecule is CCCCCCCCCCCC[Si](CCC)(OC)OC. The first-order chi connectivity index (χ1) is 9.74. The molecule has 0 aliphatic rings. The summed E-state index contributed by atoms with van der Waals surface area (Å²) in [4.78, 5) is 0. The Balaban J connectivity index is 3.45. The molecule has 0 spiro atoms. The van der Waals surface area contributed by atoms with Gasteiger partial charge >= 0.3 is 8.56 Å². The maximum Gasteiger partial charge on any atom is 0.337 e. The van der Waals surface area contributed by atoms with Crippen LogP contribution in [0.4, 0.5) is 0 Å². The second-order valence-corrected chi connectivity index (χ2v) is 9.64. The van der Waals surface area contributed by atoms with Crippen LogP contribution in [0.1, 0.15) is 84.5 Å². The zero-order valence-electron chi connectivity index (χ0n) is 14.5. The molecular formula is C17H38O2Si. The average Bonchev–Trinajstić information content (AvgIpc) is 2.48. The van der Waals surface area contributed by atoms with Crippen LogP contribution >= 0.6 is 0 Å². The monoisotopic (exact) mass is 302 g/mol. The van der Waals surface area contributed by atoms with E-state index in [0.717, 1.165) is 6.04 Å². The van der Waals surface area contributed by atoms with Gasteiger partial charge < -0.3 is 8.85 Å². The molecule has 0 aromatic rings. The standard InChI is InChI=1S/C17H38O2Si/c1-5-7-8-9-10-11-12-13-14-15-17-20(18-3,19-4)16-6-2/h5-17H2,1-4H3. The van der Waals surface area contributed by atoms with E-state index in [-0.39, 0.29) is 0 Å². The molecule has 2 nitrogen and oxygen atoms in total. The first-order valence-electron chi connectivity index (χ1n) is 8.85. The summed E-state index contributed by atoms with van der Waals surface area (Å²) in [6.45, 7) is 4.50. The minimum absolute atomic E-state index is 1.14. The molecule has 0 aliphatic carbocycles. The Morgan fingerprint density at radius 3 is 1.40 bits per heavy atom. The van der Waals surface area contributed by atoms with Gasteiger partial charge in [0.15, 0.2) is 0 Å². The molecule has 0 aromatic heterocycles. The summed E-state index contributed by atoms with van der Waals surface area (Å²) < 4.78 is 11.5. The summed E-state index contributed by atoms with van der Waals surface area (Å²) in [6.07, 6.45) is 15.1. The second-order valence-electron chi connectivity index (χ2n) is 6.00. The number of rotatable bonds is 15. The van der Waals surface area contributed by atoms with Crippen LogP contribution in [-0.4, -0.2) is 22.8 Å². The van der Waals surface area contributed by atoms with Crippen molar-refractivity contribution >= 4 is 8.56 Å². The van der Waals surface area contributed by atoms with Crippen molar-refractivity contribution in [3.8, 4) is 0 Å². The fraction of sp³-hybridized carbons (Fsp3) is 1.00. The predicted octanol–water partition coefficient (Wildman–Crippen LogP) is 6.05. The van der Waals surface area contributed by atoms with E-state index in [1.54, 1.807) is 0 Å². The van der Waals surface area contributed by atoms with E-state index >= 15 is 0 Å². The van der Waals surface area contributed by atoms with E-state index in [9.17, 15) is 0 Å². The van der Waals surface area contributed by atoms with Crippen molar-refractivity contribution in [1.29, 1.82) is 0 Å². The molecule has 0 rings (SSSR count). The third kappa shape index (κ3) is 9.95. The van der Waals surface area contributed by atoms with Crippen LogP contribution in [0.2, 0.25) is 12.1 Å². The Labute approximate surface area is 128 Å². The van der Waals surface area contributed by atoms with Crippen LogP contribution < -0.4 is 0 Å². The molecule has 0 N–H and O–H groups in total. The lowest BCUT2D eigenvalue weighted by Crippen LogP contribution is -2.39. The zero-order valence-corrected chi connectivity index (χ0v) is 15.5. The molecule has 0 amide bonds. The minimum atomic E-state index is -1.83. The molecule has 122 valence electrons. The van der Waals surface area contributed by atoms with Crippen LogP contribution in [0.3, 0.4) is 0 Å². The van der Waals surface area contributed by atoms with E-state index in [4.69, 9.17) is 8.85 Å². The van der Waals surface area contributed by atoms with Crippen molar-refractivity contribution in [2.24, 2.45) is 0 Å². The Morgan fingerprint density at radius 1 is 0.550 bits per heavy atom. The van der Waals surface area contributed by atoms with E-state index < -0.39 is 8.56 Å². The number of hydrogen-bond donors (Lipinski definition) is 0. The van der Waals surface area contributed by atoms with E-state index in [1.807, 2.05) is 14.2 Å². The topological polar surface area (TPSA) is 18.5 Å². The molecule has 0 bridgehead atoms. The first-order valence-corrected chi connectivity index (χ1v) is 11.1. The molecule has 0 saturated carbocycles. The van der Waals surface area contributed by atoms with Gasteiger partial charge in [0.05, 0.1) is 0 Å². The highest BCUT2D eigenvalue weighted by atomic mass is 28.4. The van der Waals surface area contributed by atoms with Gasteiger partial charge in [-0.3, -0.25) is 0 Å². The lowest BCUT2D eigenvalue weighted by molar-refractivity contribution is 0.239. The van der Waals surface area contributed by atoms with Crippen molar-refractivity contribution in [2.75, 3.05) is 14.2 Å². The zero-order chi connectivity index (χ0) is 15.1.